The second kappa shape index (κ2) is 8.78. The number of aromatic amines is 1. The van der Waals surface area contributed by atoms with Crippen molar-refractivity contribution in [3.8, 4) is 11.3 Å². The zero-order valence-corrected chi connectivity index (χ0v) is 14.4. The molecule has 0 saturated carbocycles. The maximum atomic E-state index is 12.7. The molecule has 0 aliphatic heterocycles. The lowest BCUT2D eigenvalue weighted by molar-refractivity contribution is 0.0743. The minimum atomic E-state index is -0.104. The molecule has 0 radical (unpaired) electrons. The quantitative estimate of drug-likeness (QED) is 0.689. The van der Waals surface area contributed by atoms with Crippen LogP contribution in [0.4, 0.5) is 0 Å². The van der Waals surface area contributed by atoms with Gasteiger partial charge in [-0.1, -0.05) is 54.6 Å². The van der Waals surface area contributed by atoms with E-state index >= 15 is 0 Å². The third-order valence-corrected chi connectivity index (χ3v) is 4.04. The number of rotatable bonds is 7. The third-order valence-electron chi connectivity index (χ3n) is 4.04. The Balaban J connectivity index is 1.69. The van der Waals surface area contributed by atoms with Crippen LogP contribution in [0.15, 0.2) is 72.9 Å². The number of hydrogen-bond donors (Lipinski definition) is 2. The number of nitrogens with one attached hydrogen (secondary N) is 1. The van der Waals surface area contributed by atoms with Gasteiger partial charge in [-0.05, 0) is 29.3 Å². The minimum Gasteiger partial charge on any atom is -0.395 e. The lowest BCUT2D eigenvalue weighted by Crippen LogP contribution is -2.33. The van der Waals surface area contributed by atoms with Crippen LogP contribution in [0, 0.1) is 0 Å². The molecule has 0 bridgehead atoms. The van der Waals surface area contributed by atoms with Gasteiger partial charge in [-0.15, -0.1) is 0 Å². The highest BCUT2D eigenvalue weighted by Crippen LogP contribution is 2.17. The first-order valence-corrected chi connectivity index (χ1v) is 8.49. The van der Waals surface area contributed by atoms with E-state index in [1.165, 1.54) is 0 Å². The fraction of sp³-hybridized carbons (Fsp3) is 0.143. The molecule has 0 atom stereocenters. The Morgan fingerprint density at radius 3 is 2.50 bits per heavy atom. The molecule has 5 heteroatoms. The van der Waals surface area contributed by atoms with Crippen LogP contribution in [0.3, 0.4) is 0 Å². The first-order valence-electron chi connectivity index (χ1n) is 8.49. The highest BCUT2D eigenvalue weighted by Gasteiger charge is 2.14. The molecule has 1 aromatic heterocycles. The van der Waals surface area contributed by atoms with Crippen LogP contribution in [0.2, 0.25) is 0 Å². The van der Waals surface area contributed by atoms with Crippen molar-refractivity contribution < 1.29 is 9.90 Å². The van der Waals surface area contributed by atoms with E-state index < -0.39 is 0 Å². The van der Waals surface area contributed by atoms with Crippen molar-refractivity contribution in [3.05, 3.63) is 84.1 Å². The van der Waals surface area contributed by atoms with Crippen molar-refractivity contribution in [1.29, 1.82) is 0 Å². The molecule has 2 aromatic carbocycles. The van der Waals surface area contributed by atoms with Gasteiger partial charge in [-0.3, -0.25) is 9.89 Å². The number of nitrogens with zero attached hydrogens (tertiary/aromatic N) is 2. The lowest BCUT2D eigenvalue weighted by Gasteiger charge is -2.20. The number of aliphatic hydroxyl groups is 1. The zero-order chi connectivity index (χ0) is 18.2. The molecule has 0 fully saturated rings. The number of carbonyl (C=O) groups excluding carboxylic acids is 1. The summed E-state index contributed by atoms with van der Waals surface area (Å²) in [6.45, 7) is 0.661. The molecule has 26 heavy (non-hydrogen) atoms. The van der Waals surface area contributed by atoms with Gasteiger partial charge in [0.15, 0.2) is 0 Å². The maximum Gasteiger partial charge on any atom is 0.254 e. The Morgan fingerprint density at radius 2 is 1.85 bits per heavy atom. The number of amides is 1. The van der Waals surface area contributed by atoms with Crippen LogP contribution in [-0.2, 0) is 0 Å². The number of benzene rings is 2. The highest BCUT2D eigenvalue weighted by molar-refractivity contribution is 5.94. The van der Waals surface area contributed by atoms with E-state index in [1.54, 1.807) is 23.2 Å². The van der Waals surface area contributed by atoms with Crippen LogP contribution in [0.25, 0.3) is 17.3 Å². The summed E-state index contributed by atoms with van der Waals surface area (Å²) in [4.78, 5) is 14.4. The van der Waals surface area contributed by atoms with E-state index in [-0.39, 0.29) is 12.5 Å². The molecule has 2 N–H and O–H groups in total. The van der Waals surface area contributed by atoms with Crippen molar-refractivity contribution >= 4 is 12.0 Å². The summed E-state index contributed by atoms with van der Waals surface area (Å²) in [5.41, 5.74) is 3.54. The van der Waals surface area contributed by atoms with E-state index in [0.29, 0.717) is 18.7 Å². The average molecular weight is 347 g/mol. The third kappa shape index (κ3) is 4.46. The van der Waals surface area contributed by atoms with E-state index in [1.807, 2.05) is 60.7 Å². The topological polar surface area (TPSA) is 69.2 Å². The smallest absolute Gasteiger partial charge is 0.254 e. The molecule has 132 valence electrons. The number of H-pyrrole nitrogens is 1. The summed E-state index contributed by atoms with van der Waals surface area (Å²) in [7, 11) is 0. The van der Waals surface area contributed by atoms with E-state index in [0.717, 1.165) is 16.8 Å². The summed E-state index contributed by atoms with van der Waals surface area (Å²) in [6.07, 6.45) is 5.59. The van der Waals surface area contributed by atoms with Crippen molar-refractivity contribution in [3.63, 3.8) is 0 Å². The minimum absolute atomic E-state index is 0.0723. The zero-order valence-electron chi connectivity index (χ0n) is 14.4. The van der Waals surface area contributed by atoms with Crippen LogP contribution < -0.4 is 0 Å². The standard InChI is InChI=1S/C21H21N3O2/c25-16-15-24(14-4-7-17-5-2-1-3-6-17)21(26)19-10-8-18(9-11-19)20-12-13-22-23-20/h1-13,25H,14-16H2,(H,22,23). The van der Waals surface area contributed by atoms with E-state index in [9.17, 15) is 9.90 Å². The van der Waals surface area contributed by atoms with Crippen LogP contribution >= 0.6 is 0 Å². The fourth-order valence-electron chi connectivity index (χ4n) is 2.67. The van der Waals surface area contributed by atoms with Gasteiger partial charge in [0.2, 0.25) is 0 Å². The predicted octanol–water partition coefficient (Wildman–Crippen LogP) is 3.22. The predicted molar refractivity (Wildman–Crippen MR) is 102 cm³/mol. The Kier molecular flexibility index (Phi) is 5.96. The van der Waals surface area contributed by atoms with Crippen LogP contribution in [0.5, 0.6) is 0 Å². The van der Waals surface area contributed by atoms with Gasteiger partial charge in [0.05, 0.1) is 12.3 Å². The second-order valence-electron chi connectivity index (χ2n) is 5.84. The highest BCUT2D eigenvalue weighted by atomic mass is 16.3. The molecule has 0 aliphatic rings. The van der Waals surface area contributed by atoms with Gasteiger partial charge in [0, 0.05) is 24.8 Å². The Morgan fingerprint density at radius 1 is 1.08 bits per heavy atom. The molecule has 1 amide bonds. The Bertz CT molecular complexity index is 841. The van der Waals surface area contributed by atoms with Gasteiger partial charge in [0.1, 0.15) is 0 Å². The summed E-state index contributed by atoms with van der Waals surface area (Å²) >= 11 is 0. The molecule has 1 heterocycles. The summed E-state index contributed by atoms with van der Waals surface area (Å²) < 4.78 is 0. The molecular formula is C21H21N3O2. The molecule has 5 nitrogen and oxygen atoms in total. The van der Waals surface area contributed by atoms with Crippen molar-refractivity contribution in [1.82, 2.24) is 15.1 Å². The van der Waals surface area contributed by atoms with Crippen LogP contribution in [-0.4, -0.2) is 45.8 Å². The molecule has 3 aromatic rings. The largest absolute Gasteiger partial charge is 0.395 e. The second-order valence-corrected chi connectivity index (χ2v) is 5.84. The Hall–Kier alpha value is -3.18. The van der Waals surface area contributed by atoms with E-state index in [2.05, 4.69) is 10.2 Å². The maximum absolute atomic E-state index is 12.7. The Labute approximate surface area is 152 Å². The molecule has 0 spiro atoms. The SMILES string of the molecule is O=C(c1ccc(-c2ccn[nH]2)cc1)N(CC=Cc1ccccc1)CCO. The average Bonchev–Trinajstić information content (AvgIpc) is 3.23. The summed E-state index contributed by atoms with van der Waals surface area (Å²) in [5, 5.41) is 16.1. The first-order chi connectivity index (χ1) is 12.8. The van der Waals surface area contributed by atoms with Crippen molar-refractivity contribution in [2.45, 2.75) is 0 Å². The summed E-state index contributed by atoms with van der Waals surface area (Å²) in [6, 6.07) is 19.2. The lowest BCUT2D eigenvalue weighted by atomic mass is 10.1. The number of hydrogen-bond acceptors (Lipinski definition) is 3. The van der Waals surface area contributed by atoms with Crippen molar-refractivity contribution in [2.75, 3.05) is 19.7 Å². The van der Waals surface area contributed by atoms with Gasteiger partial charge >= 0.3 is 0 Å². The molecule has 3 rings (SSSR count). The number of carbonyl (C=O) groups is 1. The first kappa shape index (κ1) is 17.6. The fourth-order valence-corrected chi connectivity index (χ4v) is 2.67. The molecule has 0 unspecified atom stereocenters. The van der Waals surface area contributed by atoms with Gasteiger partial charge in [-0.2, -0.15) is 5.10 Å². The molecule has 0 saturated heterocycles. The van der Waals surface area contributed by atoms with Gasteiger partial charge in [0.25, 0.3) is 5.91 Å². The number of aromatic nitrogens is 2. The van der Waals surface area contributed by atoms with Gasteiger partial charge < -0.3 is 10.0 Å². The van der Waals surface area contributed by atoms with Gasteiger partial charge in [-0.25, -0.2) is 0 Å². The molecule has 0 aliphatic carbocycles. The monoisotopic (exact) mass is 347 g/mol. The number of aliphatic hydroxyl groups excluding tert-OH is 1. The molecular weight excluding hydrogens is 326 g/mol. The normalized spacial score (nSPS) is 11.0. The van der Waals surface area contributed by atoms with E-state index in [4.69, 9.17) is 0 Å². The van der Waals surface area contributed by atoms with Crippen molar-refractivity contribution in [2.24, 2.45) is 0 Å². The summed E-state index contributed by atoms with van der Waals surface area (Å²) in [5.74, 6) is -0.104. The van der Waals surface area contributed by atoms with Crippen LogP contribution in [0.1, 0.15) is 15.9 Å².